The molecule has 0 saturated heterocycles. The summed E-state index contributed by atoms with van der Waals surface area (Å²) in [7, 11) is 0. The number of rotatable bonds is 3. The molecule has 5 nitrogen and oxygen atoms in total. The summed E-state index contributed by atoms with van der Waals surface area (Å²) < 4.78 is 0. The standard InChI is InChI=1S/C13H14ClN5/c1-3-16-11-8(2)17-13(14)19-12(11)18-10-6-4-5-9(15)7-10/h3-7H,15H2,1-2H3,(H,17,18,19). The molecule has 0 aliphatic carbocycles. The molecule has 0 spiro atoms. The molecule has 2 rings (SSSR count). The van der Waals surface area contributed by atoms with Crippen LogP contribution in [0.2, 0.25) is 5.28 Å². The molecule has 98 valence electrons. The molecule has 0 aliphatic rings. The molecule has 0 amide bonds. The SMILES string of the molecule is CC=Nc1c(C)nc(Cl)nc1Nc1cccc(N)c1. The molecule has 1 aromatic carbocycles. The summed E-state index contributed by atoms with van der Waals surface area (Å²) in [6.45, 7) is 3.67. The maximum atomic E-state index is 5.88. The highest BCUT2D eigenvalue weighted by atomic mass is 35.5. The minimum atomic E-state index is 0.180. The zero-order valence-electron chi connectivity index (χ0n) is 10.7. The van der Waals surface area contributed by atoms with Crippen LogP contribution in [0.4, 0.5) is 22.9 Å². The number of nitrogens with two attached hydrogens (primary N) is 1. The summed E-state index contributed by atoms with van der Waals surface area (Å²) >= 11 is 5.88. The van der Waals surface area contributed by atoms with E-state index in [9.17, 15) is 0 Å². The molecule has 0 radical (unpaired) electrons. The molecule has 0 saturated carbocycles. The number of aromatic nitrogens is 2. The van der Waals surface area contributed by atoms with Gasteiger partial charge < -0.3 is 11.1 Å². The number of benzene rings is 1. The first-order valence-electron chi connectivity index (χ1n) is 5.75. The van der Waals surface area contributed by atoms with Crippen LogP contribution in [0.1, 0.15) is 12.6 Å². The van der Waals surface area contributed by atoms with Gasteiger partial charge in [-0.05, 0) is 43.6 Å². The van der Waals surface area contributed by atoms with Gasteiger partial charge in [-0.3, -0.25) is 4.99 Å². The van der Waals surface area contributed by atoms with Gasteiger partial charge in [0, 0.05) is 17.6 Å². The van der Waals surface area contributed by atoms with Crippen LogP contribution in [-0.2, 0) is 0 Å². The summed E-state index contributed by atoms with van der Waals surface area (Å²) in [4.78, 5) is 12.5. The van der Waals surface area contributed by atoms with Crippen molar-refractivity contribution in [3.63, 3.8) is 0 Å². The lowest BCUT2D eigenvalue weighted by Gasteiger charge is -2.10. The summed E-state index contributed by atoms with van der Waals surface area (Å²) in [6, 6.07) is 7.37. The number of halogens is 1. The fraction of sp³-hybridized carbons (Fsp3) is 0.154. The van der Waals surface area contributed by atoms with Gasteiger partial charge in [0.25, 0.3) is 0 Å². The zero-order chi connectivity index (χ0) is 13.8. The second-order valence-electron chi connectivity index (χ2n) is 3.91. The smallest absolute Gasteiger partial charge is 0.224 e. The summed E-state index contributed by atoms with van der Waals surface area (Å²) in [5.41, 5.74) is 8.60. The molecule has 0 aliphatic heterocycles. The van der Waals surface area contributed by atoms with Crippen LogP contribution in [0.3, 0.4) is 0 Å². The van der Waals surface area contributed by atoms with Crippen molar-refractivity contribution in [2.45, 2.75) is 13.8 Å². The van der Waals surface area contributed by atoms with E-state index in [4.69, 9.17) is 17.3 Å². The van der Waals surface area contributed by atoms with Crippen molar-refractivity contribution in [3.05, 3.63) is 35.2 Å². The quantitative estimate of drug-likeness (QED) is 0.511. The van der Waals surface area contributed by atoms with Crippen molar-refractivity contribution in [3.8, 4) is 0 Å². The highest BCUT2D eigenvalue weighted by Gasteiger charge is 2.10. The molecule has 2 aromatic rings. The zero-order valence-corrected chi connectivity index (χ0v) is 11.4. The van der Waals surface area contributed by atoms with E-state index in [1.54, 1.807) is 6.21 Å². The molecular weight excluding hydrogens is 262 g/mol. The van der Waals surface area contributed by atoms with E-state index in [0.717, 1.165) is 5.69 Å². The Hall–Kier alpha value is -2.14. The third-order valence-corrected chi connectivity index (χ3v) is 2.61. The highest BCUT2D eigenvalue weighted by Crippen LogP contribution is 2.30. The van der Waals surface area contributed by atoms with E-state index in [0.29, 0.717) is 22.9 Å². The monoisotopic (exact) mass is 275 g/mol. The fourth-order valence-corrected chi connectivity index (χ4v) is 1.87. The number of aryl methyl sites for hydroxylation is 1. The molecule has 0 fully saturated rings. The van der Waals surface area contributed by atoms with E-state index in [-0.39, 0.29) is 5.28 Å². The van der Waals surface area contributed by atoms with Crippen molar-refractivity contribution in [1.82, 2.24) is 9.97 Å². The maximum absolute atomic E-state index is 5.88. The number of nitrogen functional groups attached to an aromatic ring is 1. The van der Waals surface area contributed by atoms with Crippen LogP contribution in [0, 0.1) is 6.92 Å². The summed E-state index contributed by atoms with van der Waals surface area (Å²) in [5, 5.41) is 3.33. The Morgan fingerprint density at radius 2 is 2.16 bits per heavy atom. The highest BCUT2D eigenvalue weighted by molar-refractivity contribution is 6.28. The van der Waals surface area contributed by atoms with Gasteiger partial charge in [-0.2, -0.15) is 4.98 Å². The maximum Gasteiger partial charge on any atom is 0.224 e. The second-order valence-corrected chi connectivity index (χ2v) is 4.25. The molecule has 19 heavy (non-hydrogen) atoms. The Balaban J connectivity index is 2.44. The lowest BCUT2D eigenvalue weighted by Crippen LogP contribution is -1.99. The van der Waals surface area contributed by atoms with Gasteiger partial charge in [-0.1, -0.05) is 6.07 Å². The minimum Gasteiger partial charge on any atom is -0.399 e. The van der Waals surface area contributed by atoms with Crippen molar-refractivity contribution in [2.75, 3.05) is 11.1 Å². The lowest BCUT2D eigenvalue weighted by molar-refractivity contribution is 1.10. The van der Waals surface area contributed by atoms with Crippen LogP contribution in [0.25, 0.3) is 0 Å². The predicted octanol–water partition coefficient (Wildman–Crippen LogP) is 3.49. The van der Waals surface area contributed by atoms with Gasteiger partial charge in [-0.15, -0.1) is 0 Å². The van der Waals surface area contributed by atoms with Gasteiger partial charge >= 0.3 is 0 Å². The molecule has 0 bridgehead atoms. The van der Waals surface area contributed by atoms with Gasteiger partial charge in [-0.25, -0.2) is 4.98 Å². The van der Waals surface area contributed by atoms with Gasteiger partial charge in [0.2, 0.25) is 5.28 Å². The van der Waals surface area contributed by atoms with Crippen LogP contribution in [0.5, 0.6) is 0 Å². The van der Waals surface area contributed by atoms with Gasteiger partial charge in [0.05, 0.1) is 5.69 Å². The second kappa shape index (κ2) is 5.67. The first-order chi connectivity index (χ1) is 9.10. The molecule has 1 aromatic heterocycles. The molecule has 0 unspecified atom stereocenters. The third-order valence-electron chi connectivity index (χ3n) is 2.44. The normalized spacial score (nSPS) is 10.9. The number of aliphatic imine (C=N–C) groups is 1. The number of nitrogens with zero attached hydrogens (tertiary/aromatic N) is 3. The van der Waals surface area contributed by atoms with Gasteiger partial charge in [0.15, 0.2) is 5.82 Å². The van der Waals surface area contributed by atoms with E-state index in [1.807, 2.05) is 38.1 Å². The largest absolute Gasteiger partial charge is 0.399 e. The minimum absolute atomic E-state index is 0.180. The topological polar surface area (TPSA) is 76.2 Å². The number of anilines is 3. The Bertz CT molecular complexity index is 624. The van der Waals surface area contributed by atoms with Crippen molar-refractivity contribution in [2.24, 2.45) is 4.99 Å². The predicted molar refractivity (Wildman–Crippen MR) is 79.7 cm³/mol. The molecule has 0 atom stereocenters. The Kier molecular flexibility index (Phi) is 3.97. The molecule has 3 N–H and O–H groups in total. The van der Waals surface area contributed by atoms with Gasteiger partial charge in [0.1, 0.15) is 5.69 Å². The Morgan fingerprint density at radius 1 is 1.37 bits per heavy atom. The molecule has 1 heterocycles. The molecular formula is C13H14ClN5. The van der Waals surface area contributed by atoms with Crippen LogP contribution < -0.4 is 11.1 Å². The van der Waals surface area contributed by atoms with Crippen molar-refractivity contribution >= 4 is 40.7 Å². The third kappa shape index (κ3) is 3.20. The summed E-state index contributed by atoms with van der Waals surface area (Å²) in [5.74, 6) is 0.557. The van der Waals surface area contributed by atoms with E-state index >= 15 is 0 Å². The molecule has 6 heteroatoms. The fourth-order valence-electron chi connectivity index (χ4n) is 1.66. The van der Waals surface area contributed by atoms with Crippen LogP contribution >= 0.6 is 11.6 Å². The van der Waals surface area contributed by atoms with Crippen molar-refractivity contribution < 1.29 is 0 Å². The van der Waals surface area contributed by atoms with E-state index in [2.05, 4.69) is 20.3 Å². The number of hydrogen-bond acceptors (Lipinski definition) is 5. The van der Waals surface area contributed by atoms with E-state index < -0.39 is 0 Å². The lowest BCUT2D eigenvalue weighted by atomic mass is 10.2. The summed E-state index contributed by atoms with van der Waals surface area (Å²) in [6.07, 6.45) is 1.68. The van der Waals surface area contributed by atoms with Crippen molar-refractivity contribution in [1.29, 1.82) is 0 Å². The van der Waals surface area contributed by atoms with Crippen LogP contribution in [-0.4, -0.2) is 16.2 Å². The first kappa shape index (κ1) is 13.3. The van der Waals surface area contributed by atoms with Crippen LogP contribution in [0.15, 0.2) is 29.3 Å². The number of hydrogen-bond donors (Lipinski definition) is 2. The Labute approximate surface area is 116 Å². The Morgan fingerprint density at radius 3 is 2.84 bits per heavy atom. The average molecular weight is 276 g/mol. The van der Waals surface area contributed by atoms with E-state index in [1.165, 1.54) is 0 Å². The first-order valence-corrected chi connectivity index (χ1v) is 6.13. The number of nitrogens with one attached hydrogen (secondary N) is 1. The average Bonchev–Trinajstić information content (AvgIpc) is 2.33.